The summed E-state index contributed by atoms with van der Waals surface area (Å²) in [7, 11) is -3.79. The Balaban J connectivity index is 1.28. The zero-order chi connectivity index (χ0) is 29.0. The molecule has 1 aliphatic heterocycles. The van der Waals surface area contributed by atoms with Crippen molar-refractivity contribution in [3.8, 4) is 0 Å². The van der Waals surface area contributed by atoms with Gasteiger partial charge in [0.05, 0.1) is 17.7 Å². The Labute approximate surface area is 246 Å². The Bertz CT molecular complexity index is 1610. The molecule has 1 atom stereocenters. The molecule has 1 saturated heterocycles. The predicted molar refractivity (Wildman–Crippen MR) is 163 cm³/mol. The number of hydrogen-bond donors (Lipinski definition) is 3. The molecular weight excluding hydrogens is 587 g/mol. The molecule has 41 heavy (non-hydrogen) atoms. The number of thiophene rings is 1. The van der Waals surface area contributed by atoms with Crippen LogP contribution >= 0.6 is 23.1 Å². The lowest BCUT2D eigenvalue weighted by Gasteiger charge is -2.34. The lowest BCUT2D eigenvalue weighted by molar-refractivity contribution is -0.0635. The lowest BCUT2D eigenvalue weighted by atomic mass is 10.1. The van der Waals surface area contributed by atoms with E-state index in [4.69, 9.17) is 0 Å². The monoisotopic (exact) mass is 618 g/mol. The van der Waals surface area contributed by atoms with Gasteiger partial charge in [-0.25, -0.2) is 17.2 Å². The van der Waals surface area contributed by atoms with Gasteiger partial charge in [0.25, 0.3) is 21.9 Å². The molecule has 5 rings (SSSR count). The standard InChI is InChI=1S/C29H32F2N4O3S3/c1-20-11-14-39-28(20)41(37,38)34-24-10-5-9-22-15-25(33-26(22)24)27(36)32-16-23(40-18-21-7-3-2-4-8-21)17-35-13-6-12-29(30,31)19-35/h2-5,7-11,14-15,23,33-34H,6,12-13,16-19H2,1H3,(H,32,36). The van der Waals surface area contributed by atoms with Crippen molar-refractivity contribution in [3.63, 3.8) is 0 Å². The minimum Gasteiger partial charge on any atom is -0.350 e. The maximum absolute atomic E-state index is 14.1. The maximum atomic E-state index is 14.1. The fraction of sp³-hybridized carbons (Fsp3) is 0.345. The second kappa shape index (κ2) is 12.5. The van der Waals surface area contributed by atoms with E-state index in [1.165, 1.54) is 0 Å². The minimum atomic E-state index is -3.79. The Morgan fingerprint density at radius 3 is 2.71 bits per heavy atom. The van der Waals surface area contributed by atoms with Crippen LogP contribution in [-0.2, 0) is 15.8 Å². The van der Waals surface area contributed by atoms with Crippen LogP contribution in [0.2, 0.25) is 0 Å². The van der Waals surface area contributed by atoms with Gasteiger partial charge in [-0.1, -0.05) is 42.5 Å². The number of anilines is 1. The molecule has 0 radical (unpaired) electrons. The average Bonchev–Trinajstić information content (AvgIpc) is 3.57. The van der Waals surface area contributed by atoms with Crippen LogP contribution in [0.4, 0.5) is 14.5 Å². The Morgan fingerprint density at radius 1 is 1.17 bits per heavy atom. The third kappa shape index (κ3) is 7.48. The molecule has 3 N–H and O–H groups in total. The smallest absolute Gasteiger partial charge is 0.271 e. The molecule has 0 saturated carbocycles. The molecular formula is C29H32F2N4O3S3. The van der Waals surface area contributed by atoms with Gasteiger partial charge in [0.15, 0.2) is 0 Å². The van der Waals surface area contributed by atoms with Gasteiger partial charge in [-0.3, -0.25) is 14.4 Å². The van der Waals surface area contributed by atoms with Crippen molar-refractivity contribution < 1.29 is 22.0 Å². The van der Waals surface area contributed by atoms with Crippen molar-refractivity contribution in [3.05, 3.63) is 82.9 Å². The number of nitrogens with zero attached hydrogens (tertiary/aromatic N) is 1. The molecule has 2 aromatic carbocycles. The van der Waals surface area contributed by atoms with Crippen LogP contribution in [-0.4, -0.2) is 61.6 Å². The lowest BCUT2D eigenvalue weighted by Crippen LogP contribution is -2.47. The molecule has 1 fully saturated rings. The number of thioether (sulfide) groups is 1. The molecule has 1 unspecified atom stereocenters. The number of likely N-dealkylation sites (tertiary alicyclic amines) is 1. The highest BCUT2D eigenvalue weighted by atomic mass is 32.2. The normalized spacial score (nSPS) is 16.5. The summed E-state index contributed by atoms with van der Waals surface area (Å²) in [5.74, 6) is -2.34. The zero-order valence-electron chi connectivity index (χ0n) is 22.5. The minimum absolute atomic E-state index is 0.0898. The number of piperidine rings is 1. The van der Waals surface area contributed by atoms with Crippen molar-refractivity contribution >= 4 is 55.6 Å². The van der Waals surface area contributed by atoms with Crippen molar-refractivity contribution in [1.29, 1.82) is 0 Å². The number of benzene rings is 2. The summed E-state index contributed by atoms with van der Waals surface area (Å²) in [5.41, 5.74) is 2.92. The van der Waals surface area contributed by atoms with Gasteiger partial charge in [0.2, 0.25) is 0 Å². The number of aryl methyl sites for hydroxylation is 1. The number of amides is 1. The summed E-state index contributed by atoms with van der Waals surface area (Å²) in [5, 5.41) is 5.27. The summed E-state index contributed by atoms with van der Waals surface area (Å²) in [6.07, 6.45) is 0.357. The van der Waals surface area contributed by atoms with Crippen LogP contribution in [0.1, 0.15) is 34.5 Å². The van der Waals surface area contributed by atoms with Crippen LogP contribution in [0.15, 0.2) is 70.3 Å². The molecule has 7 nitrogen and oxygen atoms in total. The van der Waals surface area contributed by atoms with E-state index in [1.807, 2.05) is 30.3 Å². The third-order valence-corrected chi connectivity index (χ3v) is 11.3. The quantitative estimate of drug-likeness (QED) is 0.189. The van der Waals surface area contributed by atoms with Crippen LogP contribution in [0.3, 0.4) is 0 Å². The van der Waals surface area contributed by atoms with Crippen LogP contribution in [0, 0.1) is 6.92 Å². The molecule has 4 aromatic rings. The van der Waals surface area contributed by atoms with E-state index in [0.717, 1.165) is 16.9 Å². The number of para-hydroxylation sites is 1. The largest absolute Gasteiger partial charge is 0.350 e. The number of aromatic nitrogens is 1. The Hall–Kier alpha value is -2.93. The van der Waals surface area contributed by atoms with Crippen LogP contribution < -0.4 is 10.0 Å². The van der Waals surface area contributed by atoms with Gasteiger partial charge in [-0.2, -0.15) is 11.8 Å². The fourth-order valence-electron chi connectivity index (χ4n) is 4.95. The van der Waals surface area contributed by atoms with Gasteiger partial charge in [0, 0.05) is 35.9 Å². The van der Waals surface area contributed by atoms with E-state index in [0.29, 0.717) is 54.0 Å². The summed E-state index contributed by atoms with van der Waals surface area (Å²) < 4.78 is 56.9. The summed E-state index contributed by atoms with van der Waals surface area (Å²) in [6.45, 7) is 2.82. The number of aromatic amines is 1. The molecule has 0 bridgehead atoms. The highest BCUT2D eigenvalue weighted by Crippen LogP contribution is 2.30. The van der Waals surface area contributed by atoms with E-state index >= 15 is 0 Å². The summed E-state index contributed by atoms with van der Waals surface area (Å²) in [4.78, 5) is 18.0. The molecule has 12 heteroatoms. The van der Waals surface area contributed by atoms with E-state index in [1.54, 1.807) is 59.3 Å². The number of hydrogen-bond acceptors (Lipinski definition) is 6. The first kappa shape index (κ1) is 29.6. The highest BCUT2D eigenvalue weighted by Gasteiger charge is 2.35. The van der Waals surface area contributed by atoms with Gasteiger partial charge in [-0.05, 0) is 54.6 Å². The van der Waals surface area contributed by atoms with E-state index in [9.17, 15) is 22.0 Å². The van der Waals surface area contributed by atoms with Crippen molar-refractivity contribution in [2.45, 2.75) is 40.9 Å². The Morgan fingerprint density at radius 2 is 1.98 bits per heavy atom. The van der Waals surface area contributed by atoms with Crippen molar-refractivity contribution in [2.75, 3.05) is 30.9 Å². The van der Waals surface area contributed by atoms with E-state index in [-0.39, 0.29) is 34.0 Å². The Kier molecular flexibility index (Phi) is 9.03. The molecule has 1 amide bonds. The first-order valence-corrected chi connectivity index (χ1v) is 16.7. The SMILES string of the molecule is Cc1ccsc1S(=O)(=O)Nc1cccc2cc(C(=O)NCC(CN3CCCC(F)(F)C3)SCc3ccccc3)[nH]c12. The van der Waals surface area contributed by atoms with Crippen molar-refractivity contribution in [1.82, 2.24) is 15.2 Å². The van der Waals surface area contributed by atoms with Gasteiger partial charge in [0.1, 0.15) is 9.90 Å². The first-order chi connectivity index (χ1) is 19.6. The molecule has 218 valence electrons. The summed E-state index contributed by atoms with van der Waals surface area (Å²) >= 11 is 2.78. The van der Waals surface area contributed by atoms with Gasteiger partial charge >= 0.3 is 0 Å². The number of fused-ring (bicyclic) bond motifs is 1. The number of rotatable bonds is 11. The summed E-state index contributed by atoms with van der Waals surface area (Å²) in [6, 6.07) is 18.5. The van der Waals surface area contributed by atoms with Crippen LogP contribution in [0.5, 0.6) is 0 Å². The number of carbonyl (C=O) groups excluding carboxylic acids is 1. The van der Waals surface area contributed by atoms with Crippen molar-refractivity contribution in [2.24, 2.45) is 0 Å². The van der Waals surface area contributed by atoms with E-state index in [2.05, 4.69) is 15.0 Å². The number of H-pyrrole nitrogens is 1. The number of nitrogens with one attached hydrogen (secondary N) is 3. The highest BCUT2D eigenvalue weighted by molar-refractivity contribution is 7.99. The van der Waals surface area contributed by atoms with E-state index < -0.39 is 15.9 Å². The predicted octanol–water partition coefficient (Wildman–Crippen LogP) is 6.10. The number of halogens is 2. The number of carbonyl (C=O) groups is 1. The van der Waals surface area contributed by atoms with Gasteiger partial charge < -0.3 is 10.3 Å². The fourth-order valence-corrected chi connectivity index (χ4v) is 8.58. The topological polar surface area (TPSA) is 94.3 Å². The molecule has 0 spiro atoms. The molecule has 2 aromatic heterocycles. The average molecular weight is 619 g/mol. The molecule has 3 heterocycles. The third-order valence-electron chi connectivity index (χ3n) is 6.96. The molecule has 1 aliphatic rings. The van der Waals surface area contributed by atoms with Gasteiger partial charge in [-0.15, -0.1) is 11.3 Å². The second-order valence-corrected chi connectivity index (χ2v) is 14.4. The second-order valence-electron chi connectivity index (χ2n) is 10.3. The first-order valence-electron chi connectivity index (χ1n) is 13.3. The molecule has 0 aliphatic carbocycles. The maximum Gasteiger partial charge on any atom is 0.271 e. The van der Waals surface area contributed by atoms with Crippen LogP contribution in [0.25, 0.3) is 10.9 Å². The number of sulfonamides is 1. The zero-order valence-corrected chi connectivity index (χ0v) is 25.0. The number of alkyl halides is 2.